The number of nitrogens with zero attached hydrogens (tertiary/aromatic N) is 6. The minimum atomic E-state index is -0.0826. The predicted molar refractivity (Wildman–Crippen MR) is 111 cm³/mol. The molecule has 3 aromatic rings. The molecule has 1 saturated heterocycles. The zero-order valence-electron chi connectivity index (χ0n) is 17.1. The van der Waals surface area contributed by atoms with Crippen LogP contribution in [-0.4, -0.2) is 47.0 Å². The lowest BCUT2D eigenvalue weighted by molar-refractivity contribution is -0.134. The van der Waals surface area contributed by atoms with Gasteiger partial charge in [-0.15, -0.1) is 0 Å². The molecule has 1 amide bonds. The molecule has 0 spiro atoms. The number of hydrogen-bond donors (Lipinski definition) is 0. The summed E-state index contributed by atoms with van der Waals surface area (Å²) in [5.41, 5.74) is 2.07. The highest BCUT2D eigenvalue weighted by Crippen LogP contribution is 2.31. The summed E-state index contributed by atoms with van der Waals surface area (Å²) in [5.74, 6) is 0.939. The quantitative estimate of drug-likeness (QED) is 0.645. The lowest BCUT2D eigenvalue weighted by atomic mass is 10.1. The molecule has 8 nitrogen and oxygen atoms in total. The fraction of sp³-hybridized carbons (Fsp3) is 0.455. The molecular formula is C22H26N6O2. The Labute approximate surface area is 174 Å². The zero-order chi connectivity index (χ0) is 20.7. The van der Waals surface area contributed by atoms with Crippen LogP contribution in [0.5, 0.6) is 0 Å². The highest BCUT2D eigenvalue weighted by Gasteiger charge is 2.41. The fourth-order valence-electron chi connectivity index (χ4n) is 4.78. The van der Waals surface area contributed by atoms with Gasteiger partial charge in [-0.1, -0.05) is 30.3 Å². The molecular weight excluding hydrogens is 380 g/mol. The third-order valence-corrected chi connectivity index (χ3v) is 6.21. The van der Waals surface area contributed by atoms with Crippen LogP contribution in [0.3, 0.4) is 0 Å². The van der Waals surface area contributed by atoms with E-state index in [1.807, 2.05) is 53.0 Å². The van der Waals surface area contributed by atoms with Crippen molar-refractivity contribution in [2.24, 2.45) is 0 Å². The monoisotopic (exact) mass is 406 g/mol. The first kappa shape index (κ1) is 18.8. The maximum atomic E-state index is 13.0. The van der Waals surface area contributed by atoms with Gasteiger partial charge in [0.25, 0.3) is 0 Å². The Kier molecular flexibility index (Phi) is 4.77. The molecule has 5 rings (SSSR count). The summed E-state index contributed by atoms with van der Waals surface area (Å²) in [5, 5.41) is 8.90. The van der Waals surface area contributed by atoms with E-state index in [1.54, 1.807) is 15.4 Å². The molecule has 156 valence electrons. The van der Waals surface area contributed by atoms with Gasteiger partial charge in [0.1, 0.15) is 5.82 Å². The van der Waals surface area contributed by atoms with Crippen molar-refractivity contribution >= 4 is 5.91 Å². The molecule has 1 fully saturated rings. The van der Waals surface area contributed by atoms with Gasteiger partial charge in [-0.25, -0.2) is 9.48 Å². The van der Waals surface area contributed by atoms with Gasteiger partial charge in [-0.3, -0.25) is 14.0 Å². The van der Waals surface area contributed by atoms with E-state index in [9.17, 15) is 9.59 Å². The van der Waals surface area contributed by atoms with Crippen LogP contribution in [0.2, 0.25) is 0 Å². The van der Waals surface area contributed by atoms with E-state index in [0.29, 0.717) is 32.5 Å². The van der Waals surface area contributed by atoms with Gasteiger partial charge in [0, 0.05) is 38.2 Å². The van der Waals surface area contributed by atoms with E-state index in [4.69, 9.17) is 0 Å². The van der Waals surface area contributed by atoms with E-state index in [0.717, 1.165) is 29.8 Å². The van der Waals surface area contributed by atoms with Gasteiger partial charge in [0.2, 0.25) is 5.91 Å². The first-order valence-electron chi connectivity index (χ1n) is 10.6. The summed E-state index contributed by atoms with van der Waals surface area (Å²) < 4.78 is 5.16. The van der Waals surface area contributed by atoms with Crippen molar-refractivity contribution in [3.63, 3.8) is 0 Å². The van der Waals surface area contributed by atoms with Crippen LogP contribution < -0.4 is 5.69 Å². The number of carbonyl (C=O) groups is 1. The Morgan fingerprint density at radius 3 is 2.73 bits per heavy atom. The van der Waals surface area contributed by atoms with Crippen LogP contribution in [-0.2, 0) is 30.8 Å². The summed E-state index contributed by atoms with van der Waals surface area (Å²) in [6.07, 6.45) is 6.73. The lowest BCUT2D eigenvalue weighted by Crippen LogP contribution is -2.43. The van der Waals surface area contributed by atoms with Crippen molar-refractivity contribution in [1.29, 1.82) is 0 Å². The standard InChI is InChI=1S/C22H26N6O2/c1-16-12-23-25(13-16)10-9-21(29)28-18-7-8-19(28)15-26-20(11-18)24-27(22(26)30)14-17-5-3-2-4-6-17/h2-6,12-13,18-19H,7-11,14-15H2,1H3. The summed E-state index contributed by atoms with van der Waals surface area (Å²) in [7, 11) is 0. The smallest absolute Gasteiger partial charge is 0.334 e. The van der Waals surface area contributed by atoms with Crippen molar-refractivity contribution < 1.29 is 4.79 Å². The molecule has 2 aliphatic rings. The van der Waals surface area contributed by atoms with Gasteiger partial charge in [0.15, 0.2) is 0 Å². The van der Waals surface area contributed by atoms with Crippen LogP contribution in [0.25, 0.3) is 0 Å². The predicted octanol–water partition coefficient (Wildman–Crippen LogP) is 1.60. The number of aryl methyl sites for hydroxylation is 2. The lowest BCUT2D eigenvalue weighted by Gasteiger charge is -2.28. The highest BCUT2D eigenvalue weighted by atomic mass is 16.2. The van der Waals surface area contributed by atoms with Gasteiger partial charge in [-0.2, -0.15) is 10.2 Å². The number of carbonyl (C=O) groups excluding carboxylic acids is 1. The molecule has 2 aliphatic heterocycles. The van der Waals surface area contributed by atoms with Crippen molar-refractivity contribution in [2.45, 2.75) is 64.3 Å². The van der Waals surface area contributed by atoms with Crippen molar-refractivity contribution in [3.05, 3.63) is 70.2 Å². The first-order valence-corrected chi connectivity index (χ1v) is 10.6. The molecule has 2 atom stereocenters. The van der Waals surface area contributed by atoms with Crippen LogP contribution in [0.15, 0.2) is 47.5 Å². The van der Waals surface area contributed by atoms with E-state index >= 15 is 0 Å². The van der Waals surface area contributed by atoms with E-state index < -0.39 is 0 Å². The van der Waals surface area contributed by atoms with Crippen molar-refractivity contribution in [2.75, 3.05) is 0 Å². The van der Waals surface area contributed by atoms with Crippen LogP contribution in [0.1, 0.15) is 36.2 Å². The summed E-state index contributed by atoms with van der Waals surface area (Å²) in [6, 6.07) is 10.1. The molecule has 8 heteroatoms. The Hall–Kier alpha value is -3.16. The maximum absolute atomic E-state index is 13.0. The van der Waals surface area contributed by atoms with Crippen molar-refractivity contribution in [1.82, 2.24) is 29.0 Å². The second-order valence-electron chi connectivity index (χ2n) is 8.37. The normalized spacial score (nSPS) is 20.2. The average Bonchev–Trinajstić information content (AvgIpc) is 3.37. The number of rotatable bonds is 5. The fourth-order valence-corrected chi connectivity index (χ4v) is 4.78. The average molecular weight is 406 g/mol. The largest absolute Gasteiger partial charge is 0.346 e. The third-order valence-electron chi connectivity index (χ3n) is 6.21. The van der Waals surface area contributed by atoms with E-state index in [1.165, 1.54) is 0 Å². The molecule has 4 heterocycles. The molecule has 0 saturated carbocycles. The SMILES string of the molecule is Cc1cnn(CCC(=O)N2C3CCC2Cn2c(nn(Cc4ccccc4)c2=O)C3)c1. The Bertz CT molecular complexity index is 1110. The molecule has 2 unspecified atom stereocenters. The molecule has 0 N–H and O–H groups in total. The Balaban J connectivity index is 1.32. The Morgan fingerprint density at radius 1 is 1.17 bits per heavy atom. The summed E-state index contributed by atoms with van der Waals surface area (Å²) in [6.45, 7) is 3.58. The molecule has 30 heavy (non-hydrogen) atoms. The van der Waals surface area contributed by atoms with Crippen LogP contribution >= 0.6 is 0 Å². The highest BCUT2D eigenvalue weighted by molar-refractivity contribution is 5.77. The molecule has 0 aliphatic carbocycles. The number of benzene rings is 1. The molecule has 2 bridgehead atoms. The first-order chi connectivity index (χ1) is 14.6. The minimum absolute atomic E-state index is 0.0650. The van der Waals surface area contributed by atoms with Crippen LogP contribution in [0.4, 0.5) is 0 Å². The topological polar surface area (TPSA) is 78.0 Å². The minimum Gasteiger partial charge on any atom is -0.334 e. The molecule has 1 aromatic carbocycles. The number of hydrogen-bond acceptors (Lipinski definition) is 4. The second kappa shape index (κ2) is 7.59. The second-order valence-corrected chi connectivity index (χ2v) is 8.37. The molecule has 0 radical (unpaired) electrons. The van der Waals surface area contributed by atoms with Crippen molar-refractivity contribution in [3.8, 4) is 0 Å². The third kappa shape index (κ3) is 3.46. The Morgan fingerprint density at radius 2 is 1.97 bits per heavy atom. The number of aromatic nitrogens is 5. The molecule has 2 aromatic heterocycles. The number of fused-ring (bicyclic) bond motifs is 3. The zero-order valence-corrected chi connectivity index (χ0v) is 17.1. The van der Waals surface area contributed by atoms with E-state index in [2.05, 4.69) is 10.2 Å². The van der Waals surface area contributed by atoms with Gasteiger partial charge >= 0.3 is 5.69 Å². The number of amides is 1. The van der Waals surface area contributed by atoms with Gasteiger partial charge < -0.3 is 4.90 Å². The maximum Gasteiger partial charge on any atom is 0.346 e. The van der Waals surface area contributed by atoms with Gasteiger partial charge in [-0.05, 0) is 30.9 Å². The summed E-state index contributed by atoms with van der Waals surface area (Å²) >= 11 is 0. The van der Waals surface area contributed by atoms with E-state index in [-0.39, 0.29) is 23.7 Å². The van der Waals surface area contributed by atoms with Crippen LogP contribution in [0, 0.1) is 6.92 Å². The summed E-state index contributed by atoms with van der Waals surface area (Å²) in [4.78, 5) is 28.0. The van der Waals surface area contributed by atoms with Gasteiger partial charge in [0.05, 0.1) is 18.8 Å².